The minimum absolute atomic E-state index is 0. The molecule has 2 aliphatic carbocycles. The van der Waals surface area contributed by atoms with Crippen LogP contribution < -0.4 is 4.74 Å². The Morgan fingerprint density at radius 3 is 2.25 bits per heavy atom. The van der Waals surface area contributed by atoms with Gasteiger partial charge in [0.15, 0.2) is 11.9 Å². The van der Waals surface area contributed by atoms with Crippen molar-refractivity contribution in [2.24, 2.45) is 0 Å². The third-order valence-electron chi connectivity index (χ3n) is 13.4. The second-order valence-electron chi connectivity index (χ2n) is 17.2. The molecule has 0 fully saturated rings. The van der Waals surface area contributed by atoms with E-state index < -0.39 is 0 Å². The van der Waals surface area contributed by atoms with E-state index in [-0.39, 0.29) is 21.1 Å². The van der Waals surface area contributed by atoms with Gasteiger partial charge in [-0.3, -0.25) is 0 Å². The van der Waals surface area contributed by atoms with Crippen molar-refractivity contribution in [2.75, 3.05) is 6.61 Å². The van der Waals surface area contributed by atoms with Crippen molar-refractivity contribution in [3.63, 3.8) is 0 Å². The zero-order chi connectivity index (χ0) is 44.7. The molecule has 0 saturated heterocycles. The van der Waals surface area contributed by atoms with E-state index in [1.54, 1.807) is 0 Å². The normalized spacial score (nSPS) is 17.8. The standard InChI is InChI=1S/C61H51N3O2.W/c1-5-7-22-55-42(4)41(3)38-44(43-27-33-60-53(39-43)54-40-47(30-34-61(54)66-60)64-58-25-14-10-20-51(58)52-21-11-15-26-59(52)64)35-36-62(55)45(6-2)17-16-37-65-48-31-28-46(29-32-48)63-56-23-12-8-18-49(56)50-19-9-13-24-57(50)63;/h5-8,10-11,13-18,20-22,24-36,38-40H,1-2,9,12,19,23,37H2,3-4H3;/b17-16-,22-7-,36-35?,41-38+,42-41?,44-35+,44-38?,45-6+,55-42-,62-36?,62-55?;. The van der Waals surface area contributed by atoms with Gasteiger partial charge in [0, 0.05) is 83.1 Å². The molecule has 328 valence electrons. The third kappa shape index (κ3) is 7.88. The van der Waals surface area contributed by atoms with Crippen molar-refractivity contribution < 1.29 is 34.8 Å². The first-order valence-corrected chi connectivity index (χ1v) is 23.0. The maximum atomic E-state index is 6.45. The average Bonchev–Trinajstić information content (AvgIpc) is 4.02. The number of furan rings is 1. The van der Waals surface area contributed by atoms with Crippen molar-refractivity contribution in [1.29, 1.82) is 0 Å². The maximum Gasteiger partial charge on any atom is 0.197 e. The van der Waals surface area contributed by atoms with Crippen LogP contribution in [0.25, 0.3) is 72.8 Å². The second-order valence-corrected chi connectivity index (χ2v) is 17.2. The van der Waals surface area contributed by atoms with E-state index in [4.69, 9.17) is 9.15 Å². The van der Waals surface area contributed by atoms with E-state index in [0.717, 1.165) is 92.7 Å². The van der Waals surface area contributed by atoms with E-state index >= 15 is 0 Å². The Bertz CT molecular complexity index is 3510. The number of hydrogen-bond donors (Lipinski definition) is 0. The summed E-state index contributed by atoms with van der Waals surface area (Å²) in [5, 5.41) is 4.64. The van der Waals surface area contributed by atoms with Crippen LogP contribution in [0, 0.1) is 6.92 Å². The molecule has 0 N–H and O–H groups in total. The summed E-state index contributed by atoms with van der Waals surface area (Å²) in [5.41, 5.74) is 18.4. The number of ether oxygens (including phenoxy) is 1. The molecule has 5 nitrogen and oxygen atoms in total. The first kappa shape index (κ1) is 43.6. The van der Waals surface area contributed by atoms with Crippen LogP contribution >= 0.6 is 0 Å². The fourth-order valence-corrected chi connectivity index (χ4v) is 10.0. The van der Waals surface area contributed by atoms with E-state index in [0.29, 0.717) is 6.61 Å². The van der Waals surface area contributed by atoms with Gasteiger partial charge in [-0.2, -0.15) is 6.08 Å². The quantitative estimate of drug-likeness (QED) is 0.0777. The average molecular weight is 1040 g/mol. The first-order valence-electron chi connectivity index (χ1n) is 23.0. The summed E-state index contributed by atoms with van der Waals surface area (Å²) < 4.78 is 19.7. The summed E-state index contributed by atoms with van der Waals surface area (Å²) in [6.45, 7) is 13.0. The van der Waals surface area contributed by atoms with Crippen LogP contribution in [0.4, 0.5) is 0 Å². The Hall–Kier alpha value is -7.33. The summed E-state index contributed by atoms with van der Waals surface area (Å²) in [5.74, 6) is 0.829. The van der Waals surface area contributed by atoms with Crippen LogP contribution in [0.15, 0.2) is 203 Å². The molecule has 3 aromatic heterocycles. The van der Waals surface area contributed by atoms with Gasteiger partial charge in [-0.15, -0.1) is 0 Å². The number of nitrogens with zero attached hydrogens (tertiary/aromatic N) is 3. The van der Waals surface area contributed by atoms with Gasteiger partial charge in [0.1, 0.15) is 23.5 Å². The molecule has 1 aliphatic heterocycles. The van der Waals surface area contributed by atoms with Crippen molar-refractivity contribution in [3.05, 3.63) is 234 Å². The molecule has 11 rings (SSSR count). The number of allylic oxidation sites excluding steroid dienone is 12. The van der Waals surface area contributed by atoms with Crippen LogP contribution in [-0.4, -0.2) is 26.5 Å². The van der Waals surface area contributed by atoms with E-state index in [9.17, 15) is 0 Å². The van der Waals surface area contributed by atoms with Crippen molar-refractivity contribution in [2.45, 2.75) is 39.5 Å². The smallest absolute Gasteiger partial charge is 0.197 e. The zero-order valence-electron chi connectivity index (χ0n) is 37.9. The van der Waals surface area contributed by atoms with Gasteiger partial charge >= 0.3 is 0 Å². The molecule has 8 aromatic rings. The molecule has 0 saturated carbocycles. The first-order chi connectivity index (χ1) is 32.5. The minimum atomic E-state index is 0. The van der Waals surface area contributed by atoms with Gasteiger partial charge in [-0.05, 0) is 140 Å². The third-order valence-corrected chi connectivity index (χ3v) is 13.4. The van der Waals surface area contributed by atoms with Crippen molar-refractivity contribution >= 4 is 67.7 Å². The van der Waals surface area contributed by atoms with Crippen LogP contribution in [0.3, 0.4) is 0 Å². The number of benzene rings is 5. The number of hydrogen-bond acceptors (Lipinski definition) is 2. The predicted molar refractivity (Wildman–Crippen MR) is 277 cm³/mol. The molecule has 0 unspecified atom stereocenters. The van der Waals surface area contributed by atoms with E-state index in [2.05, 4.69) is 211 Å². The van der Waals surface area contributed by atoms with Gasteiger partial charge in [0.25, 0.3) is 0 Å². The second kappa shape index (κ2) is 18.5. The topological polar surface area (TPSA) is 35.2 Å². The zero-order valence-corrected chi connectivity index (χ0v) is 40.8. The molecule has 0 radical (unpaired) electrons. The Kier molecular flexibility index (Phi) is 12.0. The fourth-order valence-electron chi connectivity index (χ4n) is 10.0. The molecule has 0 spiro atoms. The largest absolute Gasteiger partial charge is 0.490 e. The Balaban J connectivity index is 0.00000525. The van der Waals surface area contributed by atoms with Crippen molar-refractivity contribution in [3.8, 4) is 17.1 Å². The molecule has 67 heavy (non-hydrogen) atoms. The Morgan fingerprint density at radius 2 is 1.49 bits per heavy atom. The number of rotatable bonds is 10. The van der Waals surface area contributed by atoms with Crippen LogP contribution in [0.1, 0.15) is 54.8 Å². The van der Waals surface area contributed by atoms with Crippen LogP contribution in [-0.2, 0) is 33.9 Å². The maximum absolute atomic E-state index is 6.45. The molecular weight excluding hydrogens is 991 g/mol. The van der Waals surface area contributed by atoms with Gasteiger partial charge < -0.3 is 18.3 Å². The van der Waals surface area contributed by atoms with Crippen LogP contribution in [0.5, 0.6) is 5.75 Å². The molecule has 0 amide bonds. The summed E-state index contributed by atoms with van der Waals surface area (Å²) >= 11 is 0. The van der Waals surface area contributed by atoms with Gasteiger partial charge in [-0.25, -0.2) is 11.5 Å². The summed E-state index contributed by atoms with van der Waals surface area (Å²) in [7, 11) is 0. The van der Waals surface area contributed by atoms with E-state index in [1.807, 2.05) is 18.2 Å². The Morgan fingerprint density at radius 1 is 0.791 bits per heavy atom. The van der Waals surface area contributed by atoms with Crippen molar-refractivity contribution in [1.82, 2.24) is 9.13 Å². The van der Waals surface area contributed by atoms with Crippen LogP contribution in [0.2, 0.25) is 0 Å². The molecule has 0 bridgehead atoms. The fraction of sp³-hybridized carbons (Fsp3) is 0.115. The Labute approximate surface area is 406 Å². The SMILES string of the molecule is C=C\C=C/C1=C(C)/C(C)=C/C(c2ccc3oc4ccc(-n5c6ccccc6c6ccccc65)cc4c3c2)=C\C=[N+]1C(/C=C\COc1ccc(-n2c3c(c4c2CCC=C4)CCC=C3)cc1)=C/[CH2-].[W]. The monoisotopic (exact) mass is 1040 g/mol. The van der Waals surface area contributed by atoms with Gasteiger partial charge in [0.05, 0.1) is 16.7 Å². The summed E-state index contributed by atoms with van der Waals surface area (Å²) in [6, 6.07) is 38.8. The minimum Gasteiger partial charge on any atom is -0.490 e. The number of aromatic nitrogens is 2. The van der Waals surface area contributed by atoms with Gasteiger partial charge in [-0.1, -0.05) is 97.7 Å². The van der Waals surface area contributed by atoms with Gasteiger partial charge in [0.2, 0.25) is 0 Å². The molecule has 0 atom stereocenters. The van der Waals surface area contributed by atoms with E-state index in [1.165, 1.54) is 50.0 Å². The molecular formula is C61H51N3O2W. The number of fused-ring (bicyclic) bond motifs is 9. The summed E-state index contributed by atoms with van der Waals surface area (Å²) in [4.78, 5) is 0. The molecule has 4 heterocycles. The molecule has 6 heteroatoms. The number of para-hydroxylation sites is 2. The molecule has 3 aliphatic rings. The summed E-state index contributed by atoms with van der Waals surface area (Å²) in [6.07, 6.45) is 32.1. The molecule has 5 aromatic carbocycles. The predicted octanol–water partition coefficient (Wildman–Crippen LogP) is 15.2.